The van der Waals surface area contributed by atoms with Crippen LogP contribution in [0, 0.1) is 0 Å². The van der Waals surface area contributed by atoms with E-state index < -0.39 is 0 Å². The second-order valence-electron chi connectivity index (χ2n) is 3.58. The molecule has 2 aromatic heterocycles. The van der Waals surface area contributed by atoms with Crippen LogP contribution in [0.5, 0.6) is 0 Å². The van der Waals surface area contributed by atoms with Gasteiger partial charge < -0.3 is 5.32 Å². The summed E-state index contributed by atoms with van der Waals surface area (Å²) in [4.78, 5) is 5.48. The predicted octanol–water partition coefficient (Wildman–Crippen LogP) is 2.49. The third-order valence-corrected chi connectivity index (χ3v) is 4.04. The number of hydrogen-bond acceptors (Lipinski definition) is 4. The van der Waals surface area contributed by atoms with Crippen LogP contribution < -0.4 is 5.32 Å². The molecule has 1 atom stereocenters. The van der Waals surface area contributed by atoms with E-state index in [0.29, 0.717) is 12.6 Å². The van der Waals surface area contributed by atoms with E-state index in [4.69, 9.17) is 0 Å². The maximum Gasteiger partial charge on any atom is 0.164 e. The molecule has 0 fully saturated rings. The minimum Gasteiger partial charge on any atom is -0.302 e. The summed E-state index contributed by atoms with van der Waals surface area (Å²) in [7, 11) is 1.87. The molecule has 0 aliphatic heterocycles. The molecule has 0 amide bonds. The predicted molar refractivity (Wildman–Crippen MR) is 68.3 cm³/mol. The van der Waals surface area contributed by atoms with E-state index in [2.05, 4.69) is 50.4 Å². The van der Waals surface area contributed by atoms with Gasteiger partial charge in [-0.1, -0.05) is 0 Å². The lowest BCUT2D eigenvalue weighted by molar-refractivity contribution is 0.563. The molecule has 0 saturated carbocycles. The molecule has 2 aromatic rings. The molecule has 0 aromatic carbocycles. The highest BCUT2D eigenvalue weighted by molar-refractivity contribution is 9.11. The van der Waals surface area contributed by atoms with E-state index in [9.17, 15) is 0 Å². The Morgan fingerprint density at radius 1 is 1.56 bits per heavy atom. The van der Waals surface area contributed by atoms with E-state index in [1.165, 1.54) is 4.88 Å². The monoisotopic (exact) mass is 300 g/mol. The first kappa shape index (κ1) is 11.8. The first-order valence-corrected chi connectivity index (χ1v) is 6.59. The number of halogens is 1. The zero-order chi connectivity index (χ0) is 11.5. The Bertz CT molecular complexity index is 465. The van der Waals surface area contributed by atoms with Crippen LogP contribution in [-0.4, -0.2) is 14.8 Å². The van der Waals surface area contributed by atoms with Crippen LogP contribution in [0.1, 0.15) is 23.7 Å². The van der Waals surface area contributed by atoms with Crippen LogP contribution in [0.4, 0.5) is 0 Å². The van der Waals surface area contributed by atoms with Gasteiger partial charge in [0.25, 0.3) is 0 Å². The molecule has 2 rings (SSSR count). The third-order valence-electron chi connectivity index (χ3n) is 2.23. The van der Waals surface area contributed by atoms with Crippen LogP contribution in [0.3, 0.4) is 0 Å². The summed E-state index contributed by atoms with van der Waals surface area (Å²) < 4.78 is 2.87. The van der Waals surface area contributed by atoms with Crippen molar-refractivity contribution in [3.63, 3.8) is 0 Å². The van der Waals surface area contributed by atoms with Gasteiger partial charge in [-0.3, -0.25) is 4.68 Å². The molecule has 4 nitrogen and oxygen atoms in total. The standard InChI is InChI=1S/C10H13BrN4S/c1-7(8-3-4-9(11)16-8)12-5-10-13-6-15(2)14-10/h3-4,6-7,12H,5H2,1-2H3. The van der Waals surface area contributed by atoms with Crippen molar-refractivity contribution in [2.75, 3.05) is 0 Å². The zero-order valence-corrected chi connectivity index (χ0v) is 11.5. The number of rotatable bonds is 4. The molecule has 6 heteroatoms. The van der Waals surface area contributed by atoms with Crippen molar-refractivity contribution in [2.45, 2.75) is 19.5 Å². The van der Waals surface area contributed by atoms with Gasteiger partial charge in [0.2, 0.25) is 0 Å². The Hall–Kier alpha value is -0.720. The van der Waals surface area contributed by atoms with Gasteiger partial charge in [-0.2, -0.15) is 5.10 Å². The van der Waals surface area contributed by atoms with Crippen molar-refractivity contribution >= 4 is 27.3 Å². The number of hydrogen-bond donors (Lipinski definition) is 1. The van der Waals surface area contributed by atoms with Crippen LogP contribution in [0.2, 0.25) is 0 Å². The molecular formula is C10H13BrN4S. The van der Waals surface area contributed by atoms with Crippen LogP contribution in [0.15, 0.2) is 22.2 Å². The van der Waals surface area contributed by atoms with E-state index in [1.807, 2.05) is 7.05 Å². The number of nitrogens with one attached hydrogen (secondary N) is 1. The normalized spacial score (nSPS) is 12.9. The number of aryl methyl sites for hydroxylation is 1. The number of nitrogens with zero attached hydrogens (tertiary/aromatic N) is 3. The highest BCUT2D eigenvalue weighted by atomic mass is 79.9. The highest BCUT2D eigenvalue weighted by Gasteiger charge is 2.08. The Labute approximate surface area is 107 Å². The minimum atomic E-state index is 0.320. The summed E-state index contributed by atoms with van der Waals surface area (Å²) in [6, 6.07) is 4.51. The molecule has 1 unspecified atom stereocenters. The van der Waals surface area contributed by atoms with Gasteiger partial charge in [0.05, 0.1) is 10.3 Å². The average molecular weight is 301 g/mol. The van der Waals surface area contributed by atoms with Gasteiger partial charge in [0, 0.05) is 18.0 Å². The molecule has 1 N–H and O–H groups in total. The second kappa shape index (κ2) is 5.07. The average Bonchev–Trinajstić information content (AvgIpc) is 2.84. The topological polar surface area (TPSA) is 42.7 Å². The molecule has 2 heterocycles. The van der Waals surface area contributed by atoms with Gasteiger partial charge in [0.1, 0.15) is 6.33 Å². The molecule has 0 aliphatic rings. The highest BCUT2D eigenvalue weighted by Crippen LogP contribution is 2.26. The summed E-state index contributed by atoms with van der Waals surface area (Å²) in [6.45, 7) is 2.83. The van der Waals surface area contributed by atoms with Gasteiger partial charge in [0.15, 0.2) is 5.82 Å². The largest absolute Gasteiger partial charge is 0.302 e. The lowest BCUT2D eigenvalue weighted by atomic mass is 10.3. The summed E-state index contributed by atoms with van der Waals surface area (Å²) in [5, 5.41) is 7.61. The van der Waals surface area contributed by atoms with Crippen LogP contribution >= 0.6 is 27.3 Å². The first-order chi connectivity index (χ1) is 7.65. The van der Waals surface area contributed by atoms with Crippen molar-refractivity contribution in [3.8, 4) is 0 Å². The van der Waals surface area contributed by atoms with E-state index in [-0.39, 0.29) is 0 Å². The molecule has 16 heavy (non-hydrogen) atoms. The van der Waals surface area contributed by atoms with E-state index >= 15 is 0 Å². The lowest BCUT2D eigenvalue weighted by Crippen LogP contribution is -2.18. The third kappa shape index (κ3) is 2.90. The van der Waals surface area contributed by atoms with Crippen LogP contribution in [0.25, 0.3) is 0 Å². The SMILES string of the molecule is CC(NCc1ncn(C)n1)c1ccc(Br)s1. The van der Waals surface area contributed by atoms with Crippen molar-refractivity contribution in [1.82, 2.24) is 20.1 Å². The zero-order valence-electron chi connectivity index (χ0n) is 9.14. The Morgan fingerprint density at radius 3 is 2.94 bits per heavy atom. The van der Waals surface area contributed by atoms with Crippen LogP contribution in [-0.2, 0) is 13.6 Å². The van der Waals surface area contributed by atoms with Gasteiger partial charge in [-0.15, -0.1) is 11.3 Å². The van der Waals surface area contributed by atoms with Crippen molar-refractivity contribution < 1.29 is 0 Å². The molecule has 0 aliphatic carbocycles. The Balaban J connectivity index is 1.91. The summed E-state index contributed by atoms with van der Waals surface area (Å²) >= 11 is 5.21. The molecule has 0 radical (unpaired) electrons. The fourth-order valence-electron chi connectivity index (χ4n) is 1.37. The summed E-state index contributed by atoms with van der Waals surface area (Å²) in [5.41, 5.74) is 0. The smallest absolute Gasteiger partial charge is 0.164 e. The van der Waals surface area contributed by atoms with E-state index in [1.54, 1.807) is 22.3 Å². The van der Waals surface area contributed by atoms with Gasteiger partial charge in [-0.25, -0.2) is 4.98 Å². The Kier molecular flexibility index (Phi) is 3.73. The fourth-order valence-corrected chi connectivity index (χ4v) is 2.82. The Morgan fingerprint density at radius 2 is 2.38 bits per heavy atom. The molecule has 0 spiro atoms. The molecule has 0 bridgehead atoms. The summed E-state index contributed by atoms with van der Waals surface area (Å²) in [5.74, 6) is 0.824. The van der Waals surface area contributed by atoms with E-state index in [0.717, 1.165) is 9.61 Å². The van der Waals surface area contributed by atoms with Crippen molar-refractivity contribution in [2.24, 2.45) is 7.05 Å². The second-order valence-corrected chi connectivity index (χ2v) is 6.07. The van der Waals surface area contributed by atoms with Gasteiger partial charge in [-0.05, 0) is 35.0 Å². The maximum atomic E-state index is 4.22. The molecular weight excluding hydrogens is 288 g/mol. The lowest BCUT2D eigenvalue weighted by Gasteiger charge is -2.09. The number of aromatic nitrogens is 3. The van der Waals surface area contributed by atoms with Gasteiger partial charge >= 0.3 is 0 Å². The van der Waals surface area contributed by atoms with Crippen molar-refractivity contribution in [1.29, 1.82) is 0 Å². The first-order valence-electron chi connectivity index (χ1n) is 4.98. The summed E-state index contributed by atoms with van der Waals surface area (Å²) in [6.07, 6.45) is 1.71. The van der Waals surface area contributed by atoms with Crippen molar-refractivity contribution in [3.05, 3.63) is 32.9 Å². The molecule has 86 valence electrons. The number of thiophene rings is 1. The maximum absolute atomic E-state index is 4.22. The molecule has 0 saturated heterocycles. The minimum absolute atomic E-state index is 0.320. The fraction of sp³-hybridized carbons (Fsp3) is 0.400. The quantitative estimate of drug-likeness (QED) is 0.943.